The number of hydrogen-bond acceptors (Lipinski definition) is 4. The lowest BCUT2D eigenvalue weighted by Gasteiger charge is -2.18. The summed E-state index contributed by atoms with van der Waals surface area (Å²) in [6.07, 6.45) is -0.484. The van der Waals surface area contributed by atoms with Crippen LogP contribution in [0.2, 0.25) is 0 Å². The van der Waals surface area contributed by atoms with Gasteiger partial charge in [-0.1, -0.05) is 13.3 Å². The number of rotatable bonds is 7. The van der Waals surface area contributed by atoms with Crippen LogP contribution in [0.15, 0.2) is 28.7 Å². The molecule has 2 rings (SSSR count). The summed E-state index contributed by atoms with van der Waals surface area (Å²) in [5.74, 6) is 0. The molecule has 0 aliphatic rings. The number of alkyl halides is 2. The zero-order valence-corrected chi connectivity index (χ0v) is 13.4. The number of thiazole rings is 1. The molecule has 1 aromatic carbocycles. The maximum absolute atomic E-state index is 13.2. The van der Waals surface area contributed by atoms with Gasteiger partial charge >= 0.3 is 0 Å². The van der Waals surface area contributed by atoms with Crippen LogP contribution in [-0.2, 0) is 11.2 Å². The molecular weight excluding hydrogens is 306 g/mol. The molecule has 0 N–H and O–H groups in total. The van der Waals surface area contributed by atoms with E-state index in [1.807, 2.05) is 5.38 Å². The Balaban J connectivity index is 2.64. The van der Waals surface area contributed by atoms with Gasteiger partial charge in [0.1, 0.15) is 11.1 Å². The molecule has 118 valence electrons. The summed E-state index contributed by atoms with van der Waals surface area (Å²) in [5.41, 5.74) is 2.83. The highest BCUT2D eigenvalue weighted by molar-refractivity contribution is 7.13. The van der Waals surface area contributed by atoms with Crippen molar-refractivity contribution < 1.29 is 13.5 Å². The summed E-state index contributed by atoms with van der Waals surface area (Å²) in [6, 6.07) is 3.37. The molecule has 0 saturated carbocycles. The van der Waals surface area contributed by atoms with Crippen molar-refractivity contribution in [3.63, 3.8) is 0 Å². The van der Waals surface area contributed by atoms with E-state index in [0.717, 1.165) is 29.0 Å². The van der Waals surface area contributed by atoms with Crippen molar-refractivity contribution in [2.75, 3.05) is 7.11 Å². The van der Waals surface area contributed by atoms with Crippen LogP contribution in [0.3, 0.4) is 0 Å². The fraction of sp³-hybridized carbons (Fsp3) is 0.375. The molecular formula is C16H18F2N2OS. The molecule has 6 heteroatoms. The van der Waals surface area contributed by atoms with Gasteiger partial charge in [0.05, 0.1) is 5.69 Å². The minimum Gasteiger partial charge on any atom is -0.371 e. The van der Waals surface area contributed by atoms with E-state index in [2.05, 4.69) is 23.6 Å². The van der Waals surface area contributed by atoms with E-state index in [9.17, 15) is 8.78 Å². The van der Waals surface area contributed by atoms with Crippen molar-refractivity contribution in [3.05, 3.63) is 34.8 Å². The van der Waals surface area contributed by atoms with Crippen LogP contribution < -0.4 is 0 Å². The normalized spacial score (nSPS) is 12.6. The van der Waals surface area contributed by atoms with Gasteiger partial charge in [-0.15, -0.1) is 11.3 Å². The number of ether oxygens (including phenoxy) is 1. The summed E-state index contributed by atoms with van der Waals surface area (Å²) in [4.78, 5) is 8.33. The van der Waals surface area contributed by atoms with E-state index in [4.69, 9.17) is 4.74 Å². The summed E-state index contributed by atoms with van der Waals surface area (Å²) in [5, 5.41) is 2.65. The molecule has 1 unspecified atom stereocenters. The van der Waals surface area contributed by atoms with Crippen LogP contribution >= 0.6 is 11.3 Å². The van der Waals surface area contributed by atoms with Crippen LogP contribution in [-0.4, -0.2) is 25.2 Å². The van der Waals surface area contributed by atoms with E-state index in [1.165, 1.54) is 18.4 Å². The molecule has 0 aliphatic heterocycles. The van der Waals surface area contributed by atoms with Crippen LogP contribution in [0.4, 0.5) is 14.5 Å². The maximum atomic E-state index is 13.2. The zero-order valence-electron chi connectivity index (χ0n) is 12.6. The van der Waals surface area contributed by atoms with Crippen LogP contribution in [0, 0.1) is 0 Å². The molecule has 0 fully saturated rings. The van der Waals surface area contributed by atoms with Gasteiger partial charge in [-0.05, 0) is 36.4 Å². The number of benzene rings is 1. The second kappa shape index (κ2) is 7.56. The molecule has 1 atom stereocenters. The number of methoxy groups -OCH3 is 1. The summed E-state index contributed by atoms with van der Waals surface area (Å²) in [7, 11) is 1.28. The van der Waals surface area contributed by atoms with Crippen molar-refractivity contribution in [2.24, 2.45) is 4.99 Å². The third-order valence-electron chi connectivity index (χ3n) is 3.39. The van der Waals surface area contributed by atoms with E-state index in [0.29, 0.717) is 11.3 Å². The topological polar surface area (TPSA) is 34.5 Å². The second-order valence-electron chi connectivity index (χ2n) is 4.80. The number of aliphatic imine (C=N–C) groups is 1. The molecule has 1 aromatic heterocycles. The molecule has 22 heavy (non-hydrogen) atoms. The van der Waals surface area contributed by atoms with Gasteiger partial charge in [0.15, 0.2) is 0 Å². The van der Waals surface area contributed by atoms with Gasteiger partial charge in [-0.25, -0.2) is 13.8 Å². The van der Waals surface area contributed by atoms with E-state index < -0.39 is 12.5 Å². The Hall–Kier alpha value is -1.66. The average molecular weight is 324 g/mol. The Morgan fingerprint density at radius 3 is 2.68 bits per heavy atom. The Labute approximate surface area is 132 Å². The van der Waals surface area contributed by atoms with Crippen molar-refractivity contribution >= 4 is 23.7 Å². The molecule has 2 aromatic rings. The highest BCUT2D eigenvalue weighted by atomic mass is 32.1. The van der Waals surface area contributed by atoms with Gasteiger partial charge in [0, 0.05) is 24.3 Å². The Morgan fingerprint density at radius 1 is 1.41 bits per heavy atom. The van der Waals surface area contributed by atoms with Crippen LogP contribution in [0.5, 0.6) is 0 Å². The van der Waals surface area contributed by atoms with E-state index in [-0.39, 0.29) is 0 Å². The molecule has 3 nitrogen and oxygen atoms in total. The van der Waals surface area contributed by atoms with E-state index in [1.54, 1.807) is 18.3 Å². The Bertz CT molecular complexity index is 629. The monoisotopic (exact) mass is 324 g/mol. The molecule has 0 bridgehead atoms. The SMILES string of the molecule is C=Nc1cc(C(OC)C(F)F)cc(-c2nccs2)c1CCC. The second-order valence-corrected chi connectivity index (χ2v) is 5.70. The minimum atomic E-state index is -2.61. The fourth-order valence-electron chi connectivity index (χ4n) is 2.43. The predicted octanol–water partition coefficient (Wildman–Crippen LogP) is 5.05. The Morgan fingerprint density at radius 2 is 2.18 bits per heavy atom. The predicted molar refractivity (Wildman–Crippen MR) is 86.5 cm³/mol. The molecule has 0 amide bonds. The van der Waals surface area contributed by atoms with Crippen molar-refractivity contribution in [1.29, 1.82) is 0 Å². The Kier molecular flexibility index (Phi) is 5.74. The van der Waals surface area contributed by atoms with Crippen LogP contribution in [0.25, 0.3) is 10.6 Å². The first-order valence-corrected chi connectivity index (χ1v) is 7.84. The summed E-state index contributed by atoms with van der Waals surface area (Å²) in [6.45, 7) is 5.63. The highest BCUT2D eigenvalue weighted by Gasteiger charge is 2.25. The van der Waals surface area contributed by atoms with Gasteiger partial charge in [0.25, 0.3) is 6.43 Å². The number of halogens is 2. The van der Waals surface area contributed by atoms with E-state index >= 15 is 0 Å². The van der Waals surface area contributed by atoms with Gasteiger partial charge in [-0.2, -0.15) is 0 Å². The quantitative estimate of drug-likeness (QED) is 0.668. The first-order valence-electron chi connectivity index (χ1n) is 6.96. The minimum absolute atomic E-state index is 0.393. The molecule has 1 heterocycles. The number of aromatic nitrogens is 1. The summed E-state index contributed by atoms with van der Waals surface area (Å²) >= 11 is 1.47. The third kappa shape index (κ3) is 3.39. The number of hydrogen-bond donors (Lipinski definition) is 0. The van der Waals surface area contributed by atoms with Gasteiger partial charge in [-0.3, -0.25) is 4.99 Å². The first kappa shape index (κ1) is 16.7. The van der Waals surface area contributed by atoms with Crippen molar-refractivity contribution in [1.82, 2.24) is 4.98 Å². The largest absolute Gasteiger partial charge is 0.371 e. The molecule has 0 saturated heterocycles. The summed E-state index contributed by atoms with van der Waals surface area (Å²) < 4.78 is 31.3. The highest BCUT2D eigenvalue weighted by Crippen LogP contribution is 2.38. The maximum Gasteiger partial charge on any atom is 0.268 e. The molecule has 0 aliphatic carbocycles. The van der Waals surface area contributed by atoms with Crippen molar-refractivity contribution in [3.8, 4) is 10.6 Å². The smallest absolute Gasteiger partial charge is 0.268 e. The lowest BCUT2D eigenvalue weighted by molar-refractivity contribution is -0.0342. The standard InChI is InChI=1S/C16H18F2N2OS/c1-4-5-11-12(16-20-6-7-22-16)8-10(9-13(11)19-2)14(21-3)15(17)18/h6-9,14-15H,2,4-5H2,1,3H3. The van der Waals surface area contributed by atoms with Gasteiger partial charge < -0.3 is 4.74 Å². The van der Waals surface area contributed by atoms with Crippen molar-refractivity contribution in [2.45, 2.75) is 32.3 Å². The average Bonchev–Trinajstić information content (AvgIpc) is 3.02. The van der Waals surface area contributed by atoms with Gasteiger partial charge in [0.2, 0.25) is 0 Å². The zero-order chi connectivity index (χ0) is 16.1. The van der Waals surface area contributed by atoms with Crippen LogP contribution in [0.1, 0.15) is 30.6 Å². The fourth-order valence-corrected chi connectivity index (χ4v) is 3.11. The lowest BCUT2D eigenvalue weighted by Crippen LogP contribution is -2.12. The third-order valence-corrected chi connectivity index (χ3v) is 4.20. The number of nitrogens with zero attached hydrogens (tertiary/aromatic N) is 2. The first-order chi connectivity index (χ1) is 10.6. The molecule has 0 spiro atoms. The molecule has 0 radical (unpaired) electrons. The lowest BCUT2D eigenvalue weighted by atomic mass is 9.96.